The first-order chi connectivity index (χ1) is 10.2. The van der Waals surface area contributed by atoms with Gasteiger partial charge in [-0.3, -0.25) is 0 Å². The average Bonchev–Trinajstić information content (AvgIpc) is 2.55. The summed E-state index contributed by atoms with van der Waals surface area (Å²) in [7, 11) is 0. The van der Waals surface area contributed by atoms with Gasteiger partial charge in [0.2, 0.25) is 0 Å². The van der Waals surface area contributed by atoms with Crippen LogP contribution >= 0.6 is 0 Å². The van der Waals surface area contributed by atoms with E-state index in [4.69, 9.17) is 4.74 Å². The van der Waals surface area contributed by atoms with Crippen LogP contribution in [-0.4, -0.2) is 5.97 Å². The number of esters is 1. The highest BCUT2D eigenvalue weighted by Crippen LogP contribution is 2.20. The molecule has 3 aromatic carbocycles. The lowest BCUT2D eigenvalue weighted by Crippen LogP contribution is -2.09. The Bertz CT molecular complexity index is 763. The number of hydrogen-bond acceptors (Lipinski definition) is 2. The highest BCUT2D eigenvalue weighted by atomic mass is 16.5. The van der Waals surface area contributed by atoms with Crippen molar-refractivity contribution in [2.45, 2.75) is 13.0 Å². The van der Waals surface area contributed by atoms with Gasteiger partial charge in [-0.15, -0.1) is 0 Å². The molecule has 0 fully saturated rings. The van der Waals surface area contributed by atoms with Crippen LogP contribution in [-0.2, 0) is 4.74 Å². The predicted molar refractivity (Wildman–Crippen MR) is 84.2 cm³/mol. The van der Waals surface area contributed by atoms with Crippen molar-refractivity contribution >= 4 is 16.7 Å². The maximum absolute atomic E-state index is 12.2. The van der Waals surface area contributed by atoms with E-state index >= 15 is 0 Å². The number of rotatable bonds is 3. The van der Waals surface area contributed by atoms with E-state index in [-0.39, 0.29) is 12.1 Å². The van der Waals surface area contributed by atoms with E-state index in [1.54, 1.807) is 0 Å². The molecular weight excluding hydrogens is 260 g/mol. The lowest BCUT2D eigenvalue weighted by molar-refractivity contribution is 0.0338. The second-order valence-corrected chi connectivity index (χ2v) is 5.02. The molecule has 104 valence electrons. The molecule has 0 N–H and O–H groups in total. The smallest absolute Gasteiger partial charge is 0.338 e. The summed E-state index contributed by atoms with van der Waals surface area (Å²) in [6.07, 6.45) is -0.259. The molecule has 0 aliphatic rings. The summed E-state index contributed by atoms with van der Waals surface area (Å²) in [4.78, 5) is 12.2. The molecule has 0 saturated heterocycles. The number of benzene rings is 3. The number of carbonyl (C=O) groups excluding carboxylic acids is 1. The van der Waals surface area contributed by atoms with Gasteiger partial charge < -0.3 is 4.74 Å². The van der Waals surface area contributed by atoms with Crippen LogP contribution in [0, 0.1) is 0 Å². The third kappa shape index (κ3) is 2.95. The van der Waals surface area contributed by atoms with E-state index in [2.05, 4.69) is 0 Å². The molecule has 2 nitrogen and oxygen atoms in total. The van der Waals surface area contributed by atoms with Gasteiger partial charge in [0.15, 0.2) is 0 Å². The molecule has 0 saturated carbocycles. The molecule has 3 aromatic rings. The van der Waals surface area contributed by atoms with Gasteiger partial charge in [0.1, 0.15) is 6.10 Å². The van der Waals surface area contributed by atoms with E-state index < -0.39 is 0 Å². The second kappa shape index (κ2) is 5.80. The van der Waals surface area contributed by atoms with Crippen molar-refractivity contribution in [3.8, 4) is 0 Å². The van der Waals surface area contributed by atoms with Gasteiger partial charge >= 0.3 is 5.97 Å². The summed E-state index contributed by atoms with van der Waals surface area (Å²) in [6, 6.07) is 23.3. The molecule has 0 amide bonds. The molecule has 1 atom stereocenters. The fraction of sp³-hybridized carbons (Fsp3) is 0.105. The van der Waals surface area contributed by atoms with Gasteiger partial charge in [-0.05, 0) is 35.4 Å². The van der Waals surface area contributed by atoms with Crippen LogP contribution in [0.15, 0.2) is 72.8 Å². The Labute approximate surface area is 124 Å². The van der Waals surface area contributed by atoms with Crippen molar-refractivity contribution < 1.29 is 9.53 Å². The average molecular weight is 276 g/mol. The lowest BCUT2D eigenvalue weighted by Gasteiger charge is -2.13. The van der Waals surface area contributed by atoms with E-state index in [1.165, 1.54) is 0 Å². The number of ether oxygens (including phenoxy) is 1. The van der Waals surface area contributed by atoms with Crippen molar-refractivity contribution in [2.75, 3.05) is 0 Å². The number of hydrogen-bond donors (Lipinski definition) is 0. The third-order valence-electron chi connectivity index (χ3n) is 3.54. The molecule has 3 rings (SSSR count). The number of fused-ring (bicyclic) bond motifs is 1. The van der Waals surface area contributed by atoms with Gasteiger partial charge in [-0.2, -0.15) is 0 Å². The maximum atomic E-state index is 12.2. The Morgan fingerprint density at radius 3 is 2.29 bits per heavy atom. The fourth-order valence-electron chi connectivity index (χ4n) is 2.34. The van der Waals surface area contributed by atoms with Gasteiger partial charge in [-0.25, -0.2) is 4.79 Å². The van der Waals surface area contributed by atoms with Gasteiger partial charge in [0.05, 0.1) is 5.56 Å². The quantitative estimate of drug-likeness (QED) is 0.645. The van der Waals surface area contributed by atoms with Crippen molar-refractivity contribution in [3.63, 3.8) is 0 Å². The molecule has 2 heteroatoms. The van der Waals surface area contributed by atoms with Gasteiger partial charge in [0, 0.05) is 0 Å². The molecule has 0 heterocycles. The molecule has 0 unspecified atom stereocenters. The van der Waals surface area contributed by atoms with Gasteiger partial charge in [0.25, 0.3) is 0 Å². The molecule has 0 radical (unpaired) electrons. The van der Waals surface area contributed by atoms with Crippen LogP contribution in [0.3, 0.4) is 0 Å². The summed E-state index contributed by atoms with van der Waals surface area (Å²) in [5, 5.41) is 2.16. The Morgan fingerprint density at radius 1 is 0.857 bits per heavy atom. The normalized spacial score (nSPS) is 12.0. The topological polar surface area (TPSA) is 26.3 Å². The maximum Gasteiger partial charge on any atom is 0.338 e. The summed E-state index contributed by atoms with van der Waals surface area (Å²) >= 11 is 0. The minimum atomic E-state index is -0.294. The van der Waals surface area contributed by atoms with Crippen LogP contribution in [0.25, 0.3) is 10.8 Å². The third-order valence-corrected chi connectivity index (χ3v) is 3.54. The predicted octanol–water partition coefficient (Wildman–Crippen LogP) is 4.76. The first kappa shape index (κ1) is 13.4. The largest absolute Gasteiger partial charge is 0.454 e. The Balaban J connectivity index is 1.80. The molecule has 21 heavy (non-hydrogen) atoms. The van der Waals surface area contributed by atoms with Crippen LogP contribution in [0.4, 0.5) is 0 Å². The SMILES string of the molecule is C[C@H](OC(=O)c1ccc2ccccc2c1)c1ccccc1. The molecular formula is C19H16O2. The molecule has 0 aliphatic carbocycles. The highest BCUT2D eigenvalue weighted by molar-refractivity contribution is 5.95. The summed E-state index contributed by atoms with van der Waals surface area (Å²) in [6.45, 7) is 1.88. The first-order valence-electron chi connectivity index (χ1n) is 6.99. The Kier molecular flexibility index (Phi) is 3.69. The first-order valence-corrected chi connectivity index (χ1v) is 6.99. The highest BCUT2D eigenvalue weighted by Gasteiger charge is 2.13. The summed E-state index contributed by atoms with van der Waals surface area (Å²) in [5.74, 6) is -0.294. The van der Waals surface area contributed by atoms with Crippen molar-refractivity contribution in [1.29, 1.82) is 0 Å². The zero-order valence-corrected chi connectivity index (χ0v) is 11.8. The standard InChI is InChI=1S/C19H16O2/c1-14(15-7-3-2-4-8-15)21-19(20)18-12-11-16-9-5-6-10-17(16)13-18/h2-14H,1H3/t14-/m0/s1. The van der Waals surface area contributed by atoms with Crippen LogP contribution < -0.4 is 0 Å². The summed E-state index contributed by atoms with van der Waals surface area (Å²) < 4.78 is 5.53. The molecule has 0 bridgehead atoms. The van der Waals surface area contributed by atoms with Crippen LogP contribution in [0.2, 0.25) is 0 Å². The van der Waals surface area contributed by atoms with Crippen LogP contribution in [0.5, 0.6) is 0 Å². The minimum Gasteiger partial charge on any atom is -0.454 e. The number of carbonyl (C=O) groups is 1. The summed E-state index contributed by atoms with van der Waals surface area (Å²) in [5.41, 5.74) is 1.57. The van der Waals surface area contributed by atoms with Crippen LogP contribution in [0.1, 0.15) is 28.9 Å². The van der Waals surface area contributed by atoms with Gasteiger partial charge in [-0.1, -0.05) is 60.7 Å². The Morgan fingerprint density at radius 2 is 1.52 bits per heavy atom. The van der Waals surface area contributed by atoms with Crippen molar-refractivity contribution in [1.82, 2.24) is 0 Å². The van der Waals surface area contributed by atoms with Crippen molar-refractivity contribution in [3.05, 3.63) is 83.9 Å². The second-order valence-electron chi connectivity index (χ2n) is 5.02. The zero-order valence-electron chi connectivity index (χ0n) is 11.8. The molecule has 0 aromatic heterocycles. The Hall–Kier alpha value is -2.61. The fourth-order valence-corrected chi connectivity index (χ4v) is 2.34. The van der Waals surface area contributed by atoms with Crippen molar-refractivity contribution in [2.24, 2.45) is 0 Å². The zero-order chi connectivity index (χ0) is 14.7. The van der Waals surface area contributed by atoms with E-state index in [0.29, 0.717) is 5.56 Å². The molecule has 0 spiro atoms. The van der Waals surface area contributed by atoms with E-state index in [9.17, 15) is 4.79 Å². The monoisotopic (exact) mass is 276 g/mol. The van der Waals surface area contributed by atoms with E-state index in [0.717, 1.165) is 16.3 Å². The molecule has 0 aliphatic heterocycles. The minimum absolute atomic E-state index is 0.259. The van der Waals surface area contributed by atoms with E-state index in [1.807, 2.05) is 79.7 Å². The lowest BCUT2D eigenvalue weighted by atomic mass is 10.1.